The number of nitrogens with zero attached hydrogens (tertiary/aromatic N) is 2. The summed E-state index contributed by atoms with van der Waals surface area (Å²) in [5.41, 5.74) is -0.608. The van der Waals surface area contributed by atoms with Gasteiger partial charge in [0.15, 0.2) is 0 Å². The van der Waals surface area contributed by atoms with Gasteiger partial charge in [-0.05, 0) is 27.8 Å². The summed E-state index contributed by atoms with van der Waals surface area (Å²) < 4.78 is 41.3. The number of amides is 1. The third-order valence-electron chi connectivity index (χ3n) is 1.97. The van der Waals surface area contributed by atoms with Crippen LogP contribution >= 0.6 is 0 Å². The lowest BCUT2D eigenvalue weighted by atomic mass is 10.2. The topological polar surface area (TPSA) is 32.8 Å². The van der Waals surface area contributed by atoms with Gasteiger partial charge in [0.1, 0.15) is 5.60 Å². The molecule has 0 spiro atoms. The summed E-state index contributed by atoms with van der Waals surface area (Å²) in [6.07, 6.45) is -4.76. The molecule has 0 saturated heterocycles. The summed E-state index contributed by atoms with van der Waals surface area (Å²) in [7, 11) is 2.85. The van der Waals surface area contributed by atoms with Crippen molar-refractivity contribution in [1.82, 2.24) is 9.80 Å². The van der Waals surface area contributed by atoms with Crippen molar-refractivity contribution in [2.24, 2.45) is 0 Å². The Kier molecular flexibility index (Phi) is 5.92. The molecule has 0 N–H and O–H groups in total. The van der Waals surface area contributed by atoms with E-state index in [9.17, 15) is 18.0 Å². The highest BCUT2D eigenvalue weighted by molar-refractivity contribution is 5.67. The van der Waals surface area contributed by atoms with Gasteiger partial charge < -0.3 is 9.64 Å². The van der Waals surface area contributed by atoms with Crippen molar-refractivity contribution in [3.05, 3.63) is 0 Å². The van der Waals surface area contributed by atoms with Gasteiger partial charge in [0, 0.05) is 20.1 Å². The number of rotatable bonds is 4. The average molecular weight is 270 g/mol. The van der Waals surface area contributed by atoms with Gasteiger partial charge in [0.05, 0.1) is 6.54 Å². The number of halogens is 3. The van der Waals surface area contributed by atoms with Crippen LogP contribution in [0.5, 0.6) is 0 Å². The third kappa shape index (κ3) is 9.09. The lowest BCUT2D eigenvalue weighted by Gasteiger charge is -2.26. The van der Waals surface area contributed by atoms with Gasteiger partial charge in [0.25, 0.3) is 0 Å². The molecule has 0 aromatic rings. The first-order valence-corrected chi connectivity index (χ1v) is 5.60. The van der Waals surface area contributed by atoms with Gasteiger partial charge in [-0.15, -0.1) is 0 Å². The molecule has 0 aliphatic rings. The Morgan fingerprint density at radius 3 is 2.00 bits per heavy atom. The van der Waals surface area contributed by atoms with E-state index in [1.807, 2.05) is 0 Å². The maximum absolute atomic E-state index is 12.1. The normalized spacial score (nSPS) is 12.7. The summed E-state index contributed by atoms with van der Waals surface area (Å²) in [4.78, 5) is 13.9. The molecule has 0 rings (SSSR count). The number of carbonyl (C=O) groups is 1. The molecular formula is C11H21F3N2O2. The van der Waals surface area contributed by atoms with Crippen molar-refractivity contribution in [2.45, 2.75) is 32.5 Å². The first kappa shape index (κ1) is 17.0. The zero-order chi connectivity index (χ0) is 14.6. The molecule has 0 aliphatic heterocycles. The Balaban J connectivity index is 4.03. The molecule has 1 amide bonds. The van der Waals surface area contributed by atoms with Crippen molar-refractivity contribution < 1.29 is 22.7 Å². The highest BCUT2D eigenvalue weighted by Gasteiger charge is 2.29. The smallest absolute Gasteiger partial charge is 0.410 e. The lowest BCUT2D eigenvalue weighted by Crippen LogP contribution is -2.40. The average Bonchev–Trinajstić information content (AvgIpc) is 2.08. The van der Waals surface area contributed by atoms with Crippen molar-refractivity contribution in [3.63, 3.8) is 0 Å². The fourth-order valence-electron chi connectivity index (χ4n) is 1.14. The summed E-state index contributed by atoms with van der Waals surface area (Å²) >= 11 is 0. The Bertz CT molecular complexity index is 274. The van der Waals surface area contributed by atoms with Gasteiger partial charge in [-0.1, -0.05) is 0 Å². The van der Waals surface area contributed by atoms with Crippen LogP contribution in [0.4, 0.5) is 18.0 Å². The van der Waals surface area contributed by atoms with E-state index >= 15 is 0 Å². The molecule has 0 atom stereocenters. The van der Waals surface area contributed by atoms with Crippen LogP contribution < -0.4 is 0 Å². The number of likely N-dealkylation sites (N-methyl/N-ethyl adjacent to an activating group) is 2. The van der Waals surface area contributed by atoms with E-state index in [1.54, 1.807) is 20.8 Å². The molecule has 4 nitrogen and oxygen atoms in total. The van der Waals surface area contributed by atoms with E-state index in [-0.39, 0.29) is 13.1 Å². The van der Waals surface area contributed by atoms with Gasteiger partial charge in [-0.3, -0.25) is 4.90 Å². The van der Waals surface area contributed by atoms with Crippen molar-refractivity contribution in [2.75, 3.05) is 33.7 Å². The van der Waals surface area contributed by atoms with Crippen LogP contribution in [0.2, 0.25) is 0 Å². The second-order valence-electron chi connectivity index (χ2n) is 5.25. The van der Waals surface area contributed by atoms with E-state index in [0.717, 1.165) is 4.90 Å². The van der Waals surface area contributed by atoms with E-state index in [4.69, 9.17) is 4.74 Å². The lowest BCUT2D eigenvalue weighted by molar-refractivity contribution is -0.143. The molecule has 0 unspecified atom stereocenters. The van der Waals surface area contributed by atoms with Crippen molar-refractivity contribution in [1.29, 1.82) is 0 Å². The number of alkyl halides is 3. The molecule has 108 valence electrons. The SMILES string of the molecule is CN(CCN(C)C(=O)OC(C)(C)C)CC(F)(F)F. The predicted octanol–water partition coefficient (Wildman–Crippen LogP) is 2.35. The third-order valence-corrected chi connectivity index (χ3v) is 1.97. The Morgan fingerprint density at radius 2 is 1.61 bits per heavy atom. The van der Waals surface area contributed by atoms with E-state index in [1.165, 1.54) is 19.0 Å². The Labute approximate surface area is 106 Å². The van der Waals surface area contributed by atoms with Crippen LogP contribution in [0.15, 0.2) is 0 Å². The molecule has 0 fully saturated rings. The number of ether oxygens (including phenoxy) is 1. The maximum Gasteiger partial charge on any atom is 0.410 e. The zero-order valence-corrected chi connectivity index (χ0v) is 11.5. The van der Waals surface area contributed by atoms with Crippen LogP contribution in [0.1, 0.15) is 20.8 Å². The Hall–Kier alpha value is -0.980. The fraction of sp³-hybridized carbons (Fsp3) is 0.909. The van der Waals surface area contributed by atoms with Crippen LogP contribution in [0.25, 0.3) is 0 Å². The van der Waals surface area contributed by atoms with Gasteiger partial charge in [-0.25, -0.2) is 4.79 Å². The summed E-state index contributed by atoms with van der Waals surface area (Å²) in [5.74, 6) is 0. The minimum Gasteiger partial charge on any atom is -0.444 e. The molecule has 0 aromatic carbocycles. The zero-order valence-electron chi connectivity index (χ0n) is 11.5. The largest absolute Gasteiger partial charge is 0.444 e. The minimum atomic E-state index is -4.22. The fourth-order valence-corrected chi connectivity index (χ4v) is 1.14. The van der Waals surface area contributed by atoms with E-state index in [2.05, 4.69) is 0 Å². The molecule has 0 aromatic heterocycles. The van der Waals surface area contributed by atoms with Crippen LogP contribution in [0.3, 0.4) is 0 Å². The van der Waals surface area contributed by atoms with E-state index in [0.29, 0.717) is 0 Å². The molecule has 18 heavy (non-hydrogen) atoms. The monoisotopic (exact) mass is 270 g/mol. The first-order valence-electron chi connectivity index (χ1n) is 5.60. The predicted molar refractivity (Wildman–Crippen MR) is 62.4 cm³/mol. The second-order valence-corrected chi connectivity index (χ2v) is 5.25. The standard InChI is InChI=1S/C11H21F3N2O2/c1-10(2,3)18-9(17)16(5)7-6-15(4)8-11(12,13)14/h6-8H2,1-5H3. The summed E-state index contributed by atoms with van der Waals surface area (Å²) in [6.45, 7) is 4.52. The first-order chi connectivity index (χ1) is 7.91. The van der Waals surface area contributed by atoms with Gasteiger partial charge in [0.2, 0.25) is 0 Å². The van der Waals surface area contributed by atoms with Crippen LogP contribution in [0, 0.1) is 0 Å². The van der Waals surface area contributed by atoms with Gasteiger partial charge >= 0.3 is 12.3 Å². The molecule has 0 heterocycles. The molecular weight excluding hydrogens is 249 g/mol. The van der Waals surface area contributed by atoms with Gasteiger partial charge in [-0.2, -0.15) is 13.2 Å². The molecule has 0 saturated carbocycles. The minimum absolute atomic E-state index is 0.134. The molecule has 7 heteroatoms. The maximum atomic E-state index is 12.1. The highest BCUT2D eigenvalue weighted by Crippen LogP contribution is 2.15. The van der Waals surface area contributed by atoms with Crippen LogP contribution in [-0.2, 0) is 4.74 Å². The quantitative estimate of drug-likeness (QED) is 0.786. The number of hydrogen-bond acceptors (Lipinski definition) is 3. The molecule has 0 radical (unpaired) electrons. The summed E-state index contributed by atoms with van der Waals surface area (Å²) in [5, 5.41) is 0. The van der Waals surface area contributed by atoms with Crippen molar-refractivity contribution >= 4 is 6.09 Å². The summed E-state index contributed by atoms with van der Waals surface area (Å²) in [6, 6.07) is 0. The number of hydrogen-bond donors (Lipinski definition) is 0. The van der Waals surface area contributed by atoms with Crippen molar-refractivity contribution in [3.8, 4) is 0 Å². The number of carbonyl (C=O) groups excluding carboxylic acids is 1. The van der Waals surface area contributed by atoms with Crippen LogP contribution in [-0.4, -0.2) is 61.4 Å². The molecule has 0 aliphatic carbocycles. The molecule has 0 bridgehead atoms. The Morgan fingerprint density at radius 1 is 1.11 bits per heavy atom. The second kappa shape index (κ2) is 6.26. The van der Waals surface area contributed by atoms with E-state index < -0.39 is 24.4 Å². The highest BCUT2D eigenvalue weighted by atomic mass is 19.4.